The number of hydrogen-bond acceptors (Lipinski definition) is 11. The van der Waals surface area contributed by atoms with Crippen molar-refractivity contribution in [2.45, 2.75) is 18.6 Å². The van der Waals surface area contributed by atoms with Crippen LogP contribution in [0, 0.1) is 0 Å². The molecule has 4 N–H and O–H groups in total. The van der Waals surface area contributed by atoms with Gasteiger partial charge in [-0.2, -0.15) is 5.10 Å². The lowest BCUT2D eigenvalue weighted by Crippen LogP contribution is -2.69. The quantitative estimate of drug-likeness (QED) is 0.167. The Hall–Kier alpha value is -3.20. The van der Waals surface area contributed by atoms with Gasteiger partial charge >= 0.3 is 5.97 Å². The minimum absolute atomic E-state index is 0.0905. The van der Waals surface area contributed by atoms with Gasteiger partial charge in [0.2, 0.25) is 6.61 Å². The number of β-lactam (4-membered cyclic amide) rings is 1. The SMILES string of the molecule is Nc1nc(/C(=N/OCC(=O)O)C(=O)NC2C(=O)N(S)C2Cn2cncn2)cs1. The van der Waals surface area contributed by atoms with Gasteiger partial charge in [-0.15, -0.1) is 11.3 Å². The van der Waals surface area contributed by atoms with Gasteiger partial charge in [-0.05, 0) is 0 Å². The third-order valence-electron chi connectivity index (χ3n) is 3.64. The lowest BCUT2D eigenvalue weighted by molar-refractivity contribution is -0.144. The van der Waals surface area contributed by atoms with Crippen LogP contribution in [0.2, 0.25) is 0 Å². The summed E-state index contributed by atoms with van der Waals surface area (Å²) in [7, 11) is 0. The highest BCUT2D eigenvalue weighted by atomic mass is 32.1. The van der Waals surface area contributed by atoms with Crippen molar-refractivity contribution in [3.63, 3.8) is 0 Å². The second kappa shape index (κ2) is 8.22. The average molecular weight is 426 g/mol. The van der Waals surface area contributed by atoms with Crippen molar-refractivity contribution < 1.29 is 24.3 Å². The molecule has 0 saturated carbocycles. The fraction of sp³-hybridized carbons (Fsp3) is 0.308. The van der Waals surface area contributed by atoms with Crippen molar-refractivity contribution in [2.24, 2.45) is 5.16 Å². The second-order valence-electron chi connectivity index (χ2n) is 5.50. The van der Waals surface area contributed by atoms with E-state index in [2.05, 4.69) is 43.2 Å². The molecular weight excluding hydrogens is 412 g/mol. The van der Waals surface area contributed by atoms with Gasteiger partial charge < -0.3 is 21.0 Å². The molecule has 3 rings (SSSR count). The first-order valence-corrected chi connectivity index (χ1v) is 8.93. The number of nitrogens with one attached hydrogen (secondary N) is 1. The molecule has 13 nitrogen and oxygen atoms in total. The molecule has 0 bridgehead atoms. The van der Waals surface area contributed by atoms with Gasteiger partial charge in [0, 0.05) is 5.38 Å². The summed E-state index contributed by atoms with van der Waals surface area (Å²) in [5.41, 5.74) is 5.35. The number of thiazole rings is 1. The number of amides is 2. The van der Waals surface area contributed by atoms with Crippen LogP contribution in [-0.2, 0) is 25.8 Å². The smallest absolute Gasteiger partial charge is 0.344 e. The number of carboxylic acids is 1. The van der Waals surface area contributed by atoms with Crippen molar-refractivity contribution in [1.82, 2.24) is 29.4 Å². The summed E-state index contributed by atoms with van der Waals surface area (Å²) in [5.74, 6) is -2.47. The first-order chi connectivity index (χ1) is 13.4. The zero-order valence-electron chi connectivity index (χ0n) is 14.0. The second-order valence-corrected chi connectivity index (χ2v) is 6.82. The number of nitrogens with two attached hydrogens (primary N) is 1. The lowest BCUT2D eigenvalue weighted by Gasteiger charge is -2.43. The minimum atomic E-state index is -1.27. The highest BCUT2D eigenvalue weighted by Crippen LogP contribution is 2.24. The zero-order chi connectivity index (χ0) is 20.3. The third-order valence-corrected chi connectivity index (χ3v) is 4.81. The van der Waals surface area contributed by atoms with Gasteiger partial charge in [0.1, 0.15) is 24.4 Å². The number of aromatic nitrogens is 4. The lowest BCUT2D eigenvalue weighted by atomic mass is 9.98. The Labute approximate surface area is 166 Å². The Morgan fingerprint density at radius 3 is 2.89 bits per heavy atom. The van der Waals surface area contributed by atoms with Crippen LogP contribution in [0.3, 0.4) is 0 Å². The minimum Gasteiger partial charge on any atom is -0.479 e. The summed E-state index contributed by atoms with van der Waals surface area (Å²) in [6, 6.07) is -1.38. The van der Waals surface area contributed by atoms with Crippen LogP contribution < -0.4 is 11.1 Å². The van der Waals surface area contributed by atoms with Crippen LogP contribution >= 0.6 is 24.2 Å². The molecule has 148 valence electrons. The van der Waals surface area contributed by atoms with E-state index < -0.39 is 36.5 Å². The fourth-order valence-corrected chi connectivity index (χ4v) is 3.23. The molecule has 1 aliphatic rings. The van der Waals surface area contributed by atoms with E-state index in [1.165, 1.54) is 27.0 Å². The number of aliphatic carboxylic acids is 1. The van der Waals surface area contributed by atoms with E-state index in [4.69, 9.17) is 10.8 Å². The van der Waals surface area contributed by atoms with Gasteiger partial charge in [-0.3, -0.25) is 18.6 Å². The molecule has 1 saturated heterocycles. The van der Waals surface area contributed by atoms with Crippen LogP contribution in [0.1, 0.15) is 5.69 Å². The number of oxime groups is 1. The standard InChI is InChI=1S/C13H14N8O5S2/c14-13-17-6(3-28-13)9(19-26-2-8(22)23)11(24)18-10-7(21(27)12(10)25)1-20-5-15-4-16-20/h3-5,7,10,27H,1-2H2,(H2,14,17)(H,18,24)(H,22,23)/b19-9-. The summed E-state index contributed by atoms with van der Waals surface area (Å²) < 4.78 is 2.66. The van der Waals surface area contributed by atoms with Crippen LogP contribution in [0.15, 0.2) is 23.2 Å². The van der Waals surface area contributed by atoms with E-state index in [1.807, 2.05) is 0 Å². The molecule has 0 spiro atoms. The Kier molecular flexibility index (Phi) is 5.74. The normalized spacial score (nSPS) is 19.2. The Balaban J connectivity index is 1.74. The van der Waals surface area contributed by atoms with Gasteiger partial charge in [0.15, 0.2) is 10.8 Å². The van der Waals surface area contributed by atoms with Crippen molar-refractivity contribution in [3.05, 3.63) is 23.7 Å². The van der Waals surface area contributed by atoms with Crippen LogP contribution in [0.4, 0.5) is 5.13 Å². The van der Waals surface area contributed by atoms with Crippen LogP contribution in [0.5, 0.6) is 0 Å². The Morgan fingerprint density at radius 2 is 2.29 bits per heavy atom. The summed E-state index contributed by atoms with van der Waals surface area (Å²) in [6.45, 7) is -0.496. The Bertz CT molecular complexity index is 914. The predicted octanol–water partition coefficient (Wildman–Crippen LogP) is -1.64. The molecular formula is C13H14N8O5S2. The molecule has 0 aromatic carbocycles. The summed E-state index contributed by atoms with van der Waals surface area (Å²) in [4.78, 5) is 47.8. The summed E-state index contributed by atoms with van der Waals surface area (Å²) in [6.07, 6.45) is 2.81. The average Bonchev–Trinajstić information content (AvgIpc) is 3.32. The number of carbonyl (C=O) groups is 3. The predicted molar refractivity (Wildman–Crippen MR) is 98.2 cm³/mol. The van der Waals surface area contributed by atoms with Gasteiger partial charge in [-0.1, -0.05) is 18.0 Å². The number of thiol groups is 1. The van der Waals surface area contributed by atoms with Crippen molar-refractivity contribution in [1.29, 1.82) is 0 Å². The van der Waals surface area contributed by atoms with E-state index in [1.54, 1.807) is 0 Å². The van der Waals surface area contributed by atoms with E-state index in [-0.39, 0.29) is 23.1 Å². The number of hydrogen-bond donors (Lipinski definition) is 4. The monoisotopic (exact) mass is 426 g/mol. The van der Waals surface area contributed by atoms with Crippen LogP contribution in [0.25, 0.3) is 0 Å². The highest BCUT2D eigenvalue weighted by molar-refractivity contribution is 7.78. The molecule has 3 heterocycles. The summed E-state index contributed by atoms with van der Waals surface area (Å²) >= 11 is 5.16. The van der Waals surface area contributed by atoms with E-state index in [9.17, 15) is 14.4 Å². The van der Waals surface area contributed by atoms with E-state index >= 15 is 0 Å². The third kappa shape index (κ3) is 4.20. The van der Waals surface area contributed by atoms with Gasteiger partial charge in [0.25, 0.3) is 11.8 Å². The first kappa shape index (κ1) is 19.6. The fourth-order valence-electron chi connectivity index (χ4n) is 2.35. The van der Waals surface area contributed by atoms with Crippen LogP contribution in [-0.4, -0.2) is 71.3 Å². The highest BCUT2D eigenvalue weighted by Gasteiger charge is 2.47. The molecule has 28 heavy (non-hydrogen) atoms. The van der Waals surface area contributed by atoms with Gasteiger partial charge in [0.05, 0.1) is 12.6 Å². The molecule has 2 aromatic heterocycles. The van der Waals surface area contributed by atoms with Gasteiger partial charge in [-0.25, -0.2) is 14.8 Å². The largest absolute Gasteiger partial charge is 0.479 e. The number of carbonyl (C=O) groups excluding carboxylic acids is 2. The molecule has 1 fully saturated rings. The van der Waals surface area contributed by atoms with Crippen molar-refractivity contribution >= 4 is 52.8 Å². The number of carboxylic acid groups (broad SMARTS) is 1. The molecule has 2 unspecified atom stereocenters. The number of anilines is 1. The number of nitrogen functional groups attached to an aromatic ring is 1. The maximum absolute atomic E-state index is 12.7. The first-order valence-electron chi connectivity index (χ1n) is 7.65. The molecule has 0 radical (unpaired) electrons. The van der Waals surface area contributed by atoms with Crippen molar-refractivity contribution in [2.75, 3.05) is 12.3 Å². The summed E-state index contributed by atoms with van der Waals surface area (Å²) in [5, 5.41) is 20.3. The maximum atomic E-state index is 12.7. The molecule has 1 aliphatic heterocycles. The molecule has 2 amide bonds. The maximum Gasteiger partial charge on any atom is 0.344 e. The van der Waals surface area contributed by atoms with Crippen molar-refractivity contribution in [3.8, 4) is 0 Å². The zero-order valence-corrected chi connectivity index (χ0v) is 15.7. The molecule has 15 heteroatoms. The topological polar surface area (TPSA) is 178 Å². The molecule has 2 atom stereocenters. The Morgan fingerprint density at radius 1 is 1.50 bits per heavy atom. The molecule has 0 aliphatic carbocycles. The molecule has 2 aromatic rings. The number of rotatable bonds is 8. The number of nitrogens with zero attached hydrogens (tertiary/aromatic N) is 6. The van der Waals surface area contributed by atoms with E-state index in [0.717, 1.165) is 11.3 Å². The van der Waals surface area contributed by atoms with E-state index in [0.29, 0.717) is 0 Å².